The molecular weight excluding hydrogens is 352 g/mol. The topological polar surface area (TPSA) is 50.8 Å². The maximum Gasteiger partial charge on any atom is 0.251 e. The van der Waals surface area contributed by atoms with Crippen molar-refractivity contribution in [3.63, 3.8) is 0 Å². The summed E-state index contributed by atoms with van der Waals surface area (Å²) in [6.07, 6.45) is 0. The maximum absolute atomic E-state index is 12.5. The van der Waals surface area contributed by atoms with E-state index in [1.807, 2.05) is 13.8 Å². The van der Waals surface area contributed by atoms with Crippen molar-refractivity contribution < 1.29 is 14.3 Å². The van der Waals surface area contributed by atoms with Crippen molar-refractivity contribution in [3.05, 3.63) is 59.2 Å². The van der Waals surface area contributed by atoms with Crippen molar-refractivity contribution in [2.75, 3.05) is 26.3 Å². The first-order chi connectivity index (χ1) is 13.6. The van der Waals surface area contributed by atoms with E-state index < -0.39 is 0 Å². The summed E-state index contributed by atoms with van der Waals surface area (Å²) < 4.78 is 11.1. The molecular formula is C23H32N2O3. The molecule has 2 aromatic rings. The Morgan fingerprint density at radius 3 is 2.07 bits per heavy atom. The second-order valence-electron chi connectivity index (χ2n) is 6.49. The zero-order valence-corrected chi connectivity index (χ0v) is 17.5. The van der Waals surface area contributed by atoms with E-state index in [0.717, 1.165) is 25.2 Å². The molecule has 0 aliphatic heterocycles. The minimum atomic E-state index is -0.129. The minimum Gasteiger partial charge on any atom is -0.490 e. The van der Waals surface area contributed by atoms with Gasteiger partial charge in [0.25, 0.3) is 5.91 Å². The molecule has 2 rings (SSSR count). The Bertz CT molecular complexity index is 740. The van der Waals surface area contributed by atoms with Crippen molar-refractivity contribution in [1.29, 1.82) is 0 Å². The Morgan fingerprint density at radius 2 is 1.46 bits per heavy atom. The van der Waals surface area contributed by atoms with Gasteiger partial charge in [-0.05, 0) is 56.3 Å². The molecule has 5 nitrogen and oxygen atoms in total. The first kappa shape index (κ1) is 21.8. The largest absolute Gasteiger partial charge is 0.490 e. The molecule has 1 N–H and O–H groups in total. The molecule has 0 spiro atoms. The standard InChI is InChI=1S/C23H32N2O3/c1-5-25(6-2)17-19-11-9-18(10-12-19)16-24-23(26)20-13-14-21(27-7-3)22(15-20)28-8-4/h9-15H,5-8,16-17H2,1-4H3,(H,24,26). The molecule has 0 heterocycles. The average Bonchev–Trinajstić information content (AvgIpc) is 2.72. The average molecular weight is 385 g/mol. The molecule has 0 radical (unpaired) electrons. The summed E-state index contributed by atoms with van der Waals surface area (Å²) in [5.74, 6) is 1.12. The van der Waals surface area contributed by atoms with E-state index in [9.17, 15) is 4.79 Å². The second kappa shape index (κ2) is 11.3. The van der Waals surface area contributed by atoms with Crippen molar-refractivity contribution in [2.45, 2.75) is 40.8 Å². The van der Waals surface area contributed by atoms with E-state index in [1.165, 1.54) is 5.56 Å². The van der Waals surface area contributed by atoms with Crippen LogP contribution >= 0.6 is 0 Å². The summed E-state index contributed by atoms with van der Waals surface area (Å²) in [7, 11) is 0. The molecule has 0 bridgehead atoms. The number of hydrogen-bond acceptors (Lipinski definition) is 4. The zero-order chi connectivity index (χ0) is 20.4. The summed E-state index contributed by atoms with van der Waals surface area (Å²) in [4.78, 5) is 14.9. The lowest BCUT2D eigenvalue weighted by atomic mass is 10.1. The van der Waals surface area contributed by atoms with Crippen molar-refractivity contribution >= 4 is 5.91 Å². The number of carbonyl (C=O) groups is 1. The first-order valence-corrected chi connectivity index (χ1v) is 10.1. The highest BCUT2D eigenvalue weighted by Gasteiger charge is 2.11. The van der Waals surface area contributed by atoms with Crippen molar-refractivity contribution in [2.24, 2.45) is 0 Å². The van der Waals surface area contributed by atoms with Gasteiger partial charge in [-0.1, -0.05) is 38.1 Å². The first-order valence-electron chi connectivity index (χ1n) is 10.1. The third-order valence-electron chi connectivity index (χ3n) is 4.58. The van der Waals surface area contributed by atoms with E-state index in [0.29, 0.717) is 36.8 Å². The second-order valence-corrected chi connectivity index (χ2v) is 6.49. The molecule has 28 heavy (non-hydrogen) atoms. The lowest BCUT2D eigenvalue weighted by molar-refractivity contribution is 0.0950. The Labute approximate surface area is 168 Å². The van der Waals surface area contributed by atoms with Gasteiger partial charge >= 0.3 is 0 Å². The molecule has 0 aliphatic carbocycles. The minimum absolute atomic E-state index is 0.129. The summed E-state index contributed by atoms with van der Waals surface area (Å²) in [5.41, 5.74) is 2.92. The molecule has 0 saturated heterocycles. The molecule has 0 aromatic heterocycles. The van der Waals surface area contributed by atoms with Gasteiger partial charge in [-0.15, -0.1) is 0 Å². The van der Waals surface area contributed by atoms with Crippen LogP contribution in [0.1, 0.15) is 49.2 Å². The van der Waals surface area contributed by atoms with E-state index in [-0.39, 0.29) is 5.91 Å². The van der Waals surface area contributed by atoms with E-state index in [4.69, 9.17) is 9.47 Å². The predicted octanol–water partition coefficient (Wildman–Crippen LogP) is 4.26. The number of hydrogen-bond donors (Lipinski definition) is 1. The summed E-state index contributed by atoms with van der Waals surface area (Å²) in [5, 5.41) is 2.97. The van der Waals surface area contributed by atoms with Gasteiger partial charge in [-0.2, -0.15) is 0 Å². The predicted molar refractivity (Wildman–Crippen MR) is 113 cm³/mol. The molecule has 0 fully saturated rings. The van der Waals surface area contributed by atoms with Crippen LogP contribution in [0.15, 0.2) is 42.5 Å². The van der Waals surface area contributed by atoms with Crippen LogP contribution in [0.4, 0.5) is 0 Å². The van der Waals surface area contributed by atoms with Crippen LogP contribution < -0.4 is 14.8 Å². The van der Waals surface area contributed by atoms with Crippen LogP contribution in [0.3, 0.4) is 0 Å². The van der Waals surface area contributed by atoms with E-state index >= 15 is 0 Å². The fraction of sp³-hybridized carbons (Fsp3) is 0.435. The van der Waals surface area contributed by atoms with Crippen molar-refractivity contribution in [1.82, 2.24) is 10.2 Å². The lowest BCUT2D eigenvalue weighted by Gasteiger charge is -2.18. The fourth-order valence-electron chi connectivity index (χ4n) is 2.94. The number of ether oxygens (including phenoxy) is 2. The van der Waals surface area contributed by atoms with Crippen LogP contribution in [0, 0.1) is 0 Å². The van der Waals surface area contributed by atoms with Gasteiger partial charge in [-0.3, -0.25) is 9.69 Å². The number of benzene rings is 2. The monoisotopic (exact) mass is 384 g/mol. The molecule has 0 atom stereocenters. The maximum atomic E-state index is 12.5. The number of carbonyl (C=O) groups excluding carboxylic acids is 1. The van der Waals surface area contributed by atoms with Crippen molar-refractivity contribution in [3.8, 4) is 11.5 Å². The van der Waals surface area contributed by atoms with Gasteiger partial charge in [0.15, 0.2) is 11.5 Å². The molecule has 2 aromatic carbocycles. The Morgan fingerprint density at radius 1 is 0.857 bits per heavy atom. The summed E-state index contributed by atoms with van der Waals surface area (Å²) in [6, 6.07) is 13.7. The molecule has 5 heteroatoms. The summed E-state index contributed by atoms with van der Waals surface area (Å²) in [6.45, 7) is 12.8. The van der Waals surface area contributed by atoms with Gasteiger partial charge in [-0.25, -0.2) is 0 Å². The normalized spacial score (nSPS) is 10.8. The van der Waals surface area contributed by atoms with Crippen LogP contribution in [-0.2, 0) is 13.1 Å². The lowest BCUT2D eigenvalue weighted by Crippen LogP contribution is -2.23. The fourth-order valence-corrected chi connectivity index (χ4v) is 2.94. The van der Waals surface area contributed by atoms with Crippen LogP contribution in [0.25, 0.3) is 0 Å². The molecule has 152 valence electrons. The molecule has 0 saturated carbocycles. The van der Waals surface area contributed by atoms with Crippen LogP contribution in [-0.4, -0.2) is 37.1 Å². The van der Waals surface area contributed by atoms with E-state index in [1.54, 1.807) is 18.2 Å². The number of amides is 1. The highest BCUT2D eigenvalue weighted by molar-refractivity contribution is 5.94. The van der Waals surface area contributed by atoms with E-state index in [2.05, 4.69) is 48.3 Å². The number of nitrogens with zero attached hydrogens (tertiary/aromatic N) is 1. The number of rotatable bonds is 11. The van der Waals surface area contributed by atoms with Gasteiger partial charge in [0.2, 0.25) is 0 Å². The molecule has 0 aliphatic rings. The quantitative estimate of drug-likeness (QED) is 0.629. The molecule has 0 unspecified atom stereocenters. The van der Waals surface area contributed by atoms with Gasteiger partial charge in [0.1, 0.15) is 0 Å². The molecule has 1 amide bonds. The third-order valence-corrected chi connectivity index (χ3v) is 4.58. The smallest absolute Gasteiger partial charge is 0.251 e. The number of nitrogens with one attached hydrogen (secondary N) is 1. The van der Waals surface area contributed by atoms with Gasteiger partial charge in [0, 0.05) is 18.7 Å². The van der Waals surface area contributed by atoms with Gasteiger partial charge in [0.05, 0.1) is 13.2 Å². The Hall–Kier alpha value is -2.53. The Kier molecular flexibility index (Phi) is 8.82. The van der Waals surface area contributed by atoms with Gasteiger partial charge < -0.3 is 14.8 Å². The summed E-state index contributed by atoms with van der Waals surface area (Å²) >= 11 is 0. The third kappa shape index (κ3) is 6.27. The Balaban J connectivity index is 1.97. The van der Waals surface area contributed by atoms with Crippen LogP contribution in [0.2, 0.25) is 0 Å². The zero-order valence-electron chi connectivity index (χ0n) is 17.5. The highest BCUT2D eigenvalue weighted by atomic mass is 16.5. The van der Waals surface area contributed by atoms with Crippen LogP contribution in [0.5, 0.6) is 11.5 Å². The SMILES string of the molecule is CCOc1ccc(C(=O)NCc2ccc(CN(CC)CC)cc2)cc1OCC. The highest BCUT2D eigenvalue weighted by Crippen LogP contribution is 2.28.